The van der Waals surface area contributed by atoms with Gasteiger partial charge in [-0.1, -0.05) is 13.8 Å². The molecule has 2 heterocycles. The molecule has 0 amide bonds. The Balaban J connectivity index is 2.01. The zero-order chi connectivity index (χ0) is 16.4. The Morgan fingerprint density at radius 1 is 1.41 bits per heavy atom. The van der Waals surface area contributed by atoms with Gasteiger partial charge in [0.1, 0.15) is 5.82 Å². The average molecular weight is 326 g/mol. The fourth-order valence-corrected chi connectivity index (χ4v) is 4.14. The topological polar surface area (TPSA) is 84.0 Å². The molecule has 2 rings (SSSR count). The van der Waals surface area contributed by atoms with Crippen molar-refractivity contribution < 1.29 is 8.42 Å². The van der Waals surface area contributed by atoms with Gasteiger partial charge in [0.15, 0.2) is 9.84 Å². The van der Waals surface area contributed by atoms with E-state index in [0.717, 1.165) is 12.4 Å². The Morgan fingerprint density at radius 3 is 2.77 bits per heavy atom. The maximum absolute atomic E-state index is 12.0. The molecule has 0 bridgehead atoms. The SMILES string of the molecule is CC(C)CNc1ccnc(NC2CCS(=O)(=O)C(C)(C)C2)n1. The second-order valence-electron chi connectivity index (χ2n) is 6.95. The van der Waals surface area contributed by atoms with E-state index < -0.39 is 14.6 Å². The lowest BCUT2D eigenvalue weighted by molar-refractivity contribution is 0.461. The quantitative estimate of drug-likeness (QED) is 0.864. The first-order valence-electron chi connectivity index (χ1n) is 7.75. The molecule has 22 heavy (non-hydrogen) atoms. The smallest absolute Gasteiger partial charge is 0.224 e. The zero-order valence-corrected chi connectivity index (χ0v) is 14.6. The Kier molecular flexibility index (Phi) is 4.94. The summed E-state index contributed by atoms with van der Waals surface area (Å²) in [6.45, 7) is 8.70. The summed E-state index contributed by atoms with van der Waals surface area (Å²) in [6.07, 6.45) is 2.88. The van der Waals surface area contributed by atoms with Gasteiger partial charge in [-0.2, -0.15) is 4.98 Å². The van der Waals surface area contributed by atoms with Gasteiger partial charge in [0.25, 0.3) is 0 Å². The minimum Gasteiger partial charge on any atom is -0.370 e. The predicted molar refractivity (Wildman–Crippen MR) is 89.9 cm³/mol. The van der Waals surface area contributed by atoms with Gasteiger partial charge in [-0.15, -0.1) is 0 Å². The number of hydrogen-bond donors (Lipinski definition) is 2. The van der Waals surface area contributed by atoms with Gasteiger partial charge in [-0.3, -0.25) is 0 Å². The van der Waals surface area contributed by atoms with Crippen LogP contribution in [0.3, 0.4) is 0 Å². The van der Waals surface area contributed by atoms with Crippen LogP contribution in [0.5, 0.6) is 0 Å². The second kappa shape index (κ2) is 6.40. The number of nitrogens with zero attached hydrogens (tertiary/aromatic N) is 2. The van der Waals surface area contributed by atoms with Gasteiger partial charge in [0, 0.05) is 18.8 Å². The van der Waals surface area contributed by atoms with E-state index in [1.54, 1.807) is 20.0 Å². The van der Waals surface area contributed by atoms with Crippen LogP contribution < -0.4 is 10.6 Å². The third-order valence-corrected chi connectivity index (χ3v) is 6.62. The first-order chi connectivity index (χ1) is 10.2. The number of rotatable bonds is 5. The summed E-state index contributed by atoms with van der Waals surface area (Å²) in [6, 6.07) is 1.92. The lowest BCUT2D eigenvalue weighted by Crippen LogP contribution is -2.45. The summed E-state index contributed by atoms with van der Waals surface area (Å²) >= 11 is 0. The number of sulfone groups is 1. The number of nitrogens with one attached hydrogen (secondary N) is 2. The monoisotopic (exact) mass is 326 g/mol. The maximum atomic E-state index is 12.0. The number of aromatic nitrogens is 2. The molecule has 1 saturated heterocycles. The van der Waals surface area contributed by atoms with Crippen molar-refractivity contribution >= 4 is 21.6 Å². The molecule has 6 nitrogen and oxygen atoms in total. The predicted octanol–water partition coefficient (Wildman–Crippen LogP) is 2.31. The molecule has 0 saturated carbocycles. The Bertz CT molecular complexity index is 614. The summed E-state index contributed by atoms with van der Waals surface area (Å²) in [4.78, 5) is 8.67. The van der Waals surface area contributed by atoms with Gasteiger partial charge in [0.2, 0.25) is 5.95 Å². The molecule has 124 valence electrons. The highest BCUT2D eigenvalue weighted by Crippen LogP contribution is 2.31. The van der Waals surface area contributed by atoms with Gasteiger partial charge < -0.3 is 10.6 Å². The fourth-order valence-electron chi connectivity index (χ4n) is 2.54. The van der Waals surface area contributed by atoms with Crippen molar-refractivity contribution in [1.82, 2.24) is 9.97 Å². The van der Waals surface area contributed by atoms with E-state index in [4.69, 9.17) is 0 Å². The van der Waals surface area contributed by atoms with E-state index in [2.05, 4.69) is 34.4 Å². The summed E-state index contributed by atoms with van der Waals surface area (Å²) in [5.74, 6) is 2.08. The third kappa shape index (κ3) is 4.09. The molecule has 0 aliphatic carbocycles. The molecule has 1 aromatic rings. The molecular formula is C15H26N4O2S. The second-order valence-corrected chi connectivity index (χ2v) is 9.70. The van der Waals surface area contributed by atoms with Crippen molar-refractivity contribution in [1.29, 1.82) is 0 Å². The van der Waals surface area contributed by atoms with Crippen LogP contribution >= 0.6 is 0 Å². The van der Waals surface area contributed by atoms with Crippen LogP contribution in [0.4, 0.5) is 11.8 Å². The minimum absolute atomic E-state index is 0.0823. The van der Waals surface area contributed by atoms with E-state index >= 15 is 0 Å². The van der Waals surface area contributed by atoms with Crippen molar-refractivity contribution in [3.8, 4) is 0 Å². The lowest BCUT2D eigenvalue weighted by Gasteiger charge is -2.35. The minimum atomic E-state index is -3.01. The van der Waals surface area contributed by atoms with E-state index in [0.29, 0.717) is 24.7 Å². The summed E-state index contributed by atoms with van der Waals surface area (Å²) < 4.78 is 23.4. The lowest BCUT2D eigenvalue weighted by atomic mass is 10.0. The first-order valence-corrected chi connectivity index (χ1v) is 9.40. The Labute approximate surface area is 133 Å². The summed E-state index contributed by atoms with van der Waals surface area (Å²) in [7, 11) is -3.01. The summed E-state index contributed by atoms with van der Waals surface area (Å²) in [5, 5.41) is 6.54. The molecule has 0 spiro atoms. The Morgan fingerprint density at radius 2 is 2.14 bits per heavy atom. The molecule has 1 atom stereocenters. The molecule has 1 fully saturated rings. The van der Waals surface area contributed by atoms with Crippen molar-refractivity contribution in [3.63, 3.8) is 0 Å². The van der Waals surface area contributed by atoms with Crippen LogP contribution in [0.25, 0.3) is 0 Å². The maximum Gasteiger partial charge on any atom is 0.224 e. The van der Waals surface area contributed by atoms with Gasteiger partial charge in [-0.05, 0) is 38.7 Å². The molecule has 0 radical (unpaired) electrons. The third-order valence-electron chi connectivity index (χ3n) is 4.00. The molecule has 1 aliphatic rings. The molecule has 1 aliphatic heterocycles. The van der Waals surface area contributed by atoms with Crippen LogP contribution in [0.1, 0.15) is 40.5 Å². The van der Waals surface area contributed by atoms with Gasteiger partial charge in [0.05, 0.1) is 10.5 Å². The normalized spacial score (nSPS) is 23.2. The molecular weight excluding hydrogens is 300 g/mol. The van der Waals surface area contributed by atoms with Crippen molar-refractivity contribution in [2.75, 3.05) is 22.9 Å². The standard InChI is InChI=1S/C15H26N4O2S/c1-11(2)10-17-13-5-7-16-14(19-13)18-12-6-8-22(20,21)15(3,4)9-12/h5,7,11-12H,6,8-10H2,1-4H3,(H2,16,17,18,19). The van der Waals surface area contributed by atoms with E-state index in [1.807, 2.05) is 6.07 Å². The molecule has 2 N–H and O–H groups in total. The molecule has 1 aromatic heterocycles. The van der Waals surface area contributed by atoms with Crippen molar-refractivity contribution in [2.45, 2.75) is 51.3 Å². The molecule has 1 unspecified atom stereocenters. The van der Waals surface area contributed by atoms with Crippen LogP contribution in [0.2, 0.25) is 0 Å². The highest BCUT2D eigenvalue weighted by molar-refractivity contribution is 7.92. The van der Waals surface area contributed by atoms with Crippen LogP contribution in [0, 0.1) is 5.92 Å². The Hall–Kier alpha value is -1.37. The largest absolute Gasteiger partial charge is 0.370 e. The van der Waals surface area contributed by atoms with E-state index in [-0.39, 0.29) is 11.8 Å². The molecule has 0 aromatic carbocycles. The van der Waals surface area contributed by atoms with E-state index in [9.17, 15) is 8.42 Å². The fraction of sp³-hybridized carbons (Fsp3) is 0.733. The van der Waals surface area contributed by atoms with Crippen molar-refractivity contribution in [2.24, 2.45) is 5.92 Å². The van der Waals surface area contributed by atoms with Crippen LogP contribution in [-0.4, -0.2) is 41.5 Å². The number of hydrogen-bond acceptors (Lipinski definition) is 6. The number of anilines is 2. The van der Waals surface area contributed by atoms with Crippen LogP contribution in [-0.2, 0) is 9.84 Å². The highest BCUT2D eigenvalue weighted by atomic mass is 32.2. The van der Waals surface area contributed by atoms with E-state index in [1.165, 1.54) is 0 Å². The van der Waals surface area contributed by atoms with Gasteiger partial charge in [-0.25, -0.2) is 13.4 Å². The molecule has 7 heteroatoms. The average Bonchev–Trinajstić information content (AvgIpc) is 2.41. The zero-order valence-electron chi connectivity index (χ0n) is 13.8. The highest BCUT2D eigenvalue weighted by Gasteiger charge is 2.40. The van der Waals surface area contributed by atoms with Crippen molar-refractivity contribution in [3.05, 3.63) is 12.3 Å². The van der Waals surface area contributed by atoms with Gasteiger partial charge >= 0.3 is 0 Å². The first kappa shape index (κ1) is 17.0. The summed E-state index contributed by atoms with van der Waals surface area (Å²) in [5.41, 5.74) is 0. The van der Waals surface area contributed by atoms with Crippen LogP contribution in [0.15, 0.2) is 12.3 Å².